The van der Waals surface area contributed by atoms with E-state index in [9.17, 15) is 4.79 Å². The average molecular weight is 213 g/mol. The number of aldehydes is 1. The van der Waals surface area contributed by atoms with E-state index in [2.05, 4.69) is 46.6 Å². The maximum Gasteiger partial charge on any atom is 0.127 e. The zero-order valence-electron chi connectivity index (χ0n) is 11.2. The van der Waals surface area contributed by atoms with Gasteiger partial charge in [-0.3, -0.25) is 0 Å². The Bertz CT molecular complexity index is 191. The maximum atomic E-state index is 11.1. The Labute approximate surface area is 95.0 Å². The molecule has 15 heavy (non-hydrogen) atoms. The Kier molecular flexibility index (Phi) is 6.11. The number of nitrogens with zero attached hydrogens (tertiary/aromatic N) is 1. The molecule has 0 aliphatic carbocycles. The van der Waals surface area contributed by atoms with Gasteiger partial charge < -0.3 is 9.69 Å². The second-order valence-electron chi connectivity index (χ2n) is 5.42. The molecule has 0 amide bonds. The SMILES string of the molecule is CCCC(C)(C=O)CN(C)C(C)C(C)C. The van der Waals surface area contributed by atoms with Gasteiger partial charge in [-0.05, 0) is 26.3 Å². The number of carbonyl (C=O) groups excluding carboxylic acids is 1. The molecule has 0 saturated carbocycles. The molecule has 0 aromatic heterocycles. The van der Waals surface area contributed by atoms with E-state index in [-0.39, 0.29) is 5.41 Å². The number of hydrogen-bond acceptors (Lipinski definition) is 2. The Morgan fingerprint density at radius 1 is 1.33 bits per heavy atom. The van der Waals surface area contributed by atoms with Crippen LogP contribution in [0.15, 0.2) is 0 Å². The van der Waals surface area contributed by atoms with Gasteiger partial charge in [0.15, 0.2) is 0 Å². The highest BCUT2D eigenvalue weighted by Crippen LogP contribution is 2.23. The van der Waals surface area contributed by atoms with E-state index in [4.69, 9.17) is 0 Å². The van der Waals surface area contributed by atoms with Crippen molar-refractivity contribution in [3.8, 4) is 0 Å². The Morgan fingerprint density at radius 2 is 1.87 bits per heavy atom. The molecule has 2 unspecified atom stereocenters. The summed E-state index contributed by atoms with van der Waals surface area (Å²) in [6, 6.07) is 0.529. The van der Waals surface area contributed by atoms with Crippen molar-refractivity contribution < 1.29 is 4.79 Å². The van der Waals surface area contributed by atoms with Crippen molar-refractivity contribution in [3.63, 3.8) is 0 Å². The third-order valence-electron chi connectivity index (χ3n) is 3.38. The molecule has 0 radical (unpaired) electrons. The second kappa shape index (κ2) is 6.26. The highest BCUT2D eigenvalue weighted by molar-refractivity contribution is 5.58. The van der Waals surface area contributed by atoms with E-state index in [1.54, 1.807) is 0 Å². The highest BCUT2D eigenvalue weighted by atomic mass is 16.1. The van der Waals surface area contributed by atoms with Gasteiger partial charge in [0.2, 0.25) is 0 Å². The molecule has 0 aromatic rings. The summed E-state index contributed by atoms with van der Waals surface area (Å²) < 4.78 is 0. The van der Waals surface area contributed by atoms with Crippen LogP contribution in [-0.4, -0.2) is 30.8 Å². The van der Waals surface area contributed by atoms with Crippen molar-refractivity contribution in [1.29, 1.82) is 0 Å². The number of hydrogen-bond donors (Lipinski definition) is 0. The lowest BCUT2D eigenvalue weighted by Gasteiger charge is -2.34. The van der Waals surface area contributed by atoms with Gasteiger partial charge in [-0.25, -0.2) is 0 Å². The quantitative estimate of drug-likeness (QED) is 0.606. The van der Waals surface area contributed by atoms with Crippen LogP contribution in [0.4, 0.5) is 0 Å². The minimum atomic E-state index is -0.174. The molecule has 0 bridgehead atoms. The van der Waals surface area contributed by atoms with Crippen molar-refractivity contribution in [2.24, 2.45) is 11.3 Å². The Balaban J connectivity index is 4.35. The number of rotatable bonds is 7. The largest absolute Gasteiger partial charge is 0.303 e. The fourth-order valence-electron chi connectivity index (χ4n) is 1.97. The molecule has 0 aliphatic heterocycles. The van der Waals surface area contributed by atoms with Crippen molar-refractivity contribution in [3.05, 3.63) is 0 Å². The first-order chi connectivity index (χ1) is 6.86. The summed E-state index contributed by atoms with van der Waals surface area (Å²) >= 11 is 0. The molecule has 2 atom stereocenters. The van der Waals surface area contributed by atoms with Gasteiger partial charge in [0.05, 0.1) is 0 Å². The van der Waals surface area contributed by atoms with Gasteiger partial charge in [-0.2, -0.15) is 0 Å². The maximum absolute atomic E-state index is 11.1. The summed E-state index contributed by atoms with van der Waals surface area (Å²) in [5, 5.41) is 0. The Hall–Kier alpha value is -0.370. The fourth-order valence-corrected chi connectivity index (χ4v) is 1.97. The van der Waals surface area contributed by atoms with Gasteiger partial charge in [0.1, 0.15) is 6.29 Å². The van der Waals surface area contributed by atoms with Crippen LogP contribution in [0.25, 0.3) is 0 Å². The predicted molar refractivity (Wildman–Crippen MR) is 66.0 cm³/mol. The second-order valence-corrected chi connectivity index (χ2v) is 5.42. The normalized spacial score (nSPS) is 17.9. The molecule has 0 saturated heterocycles. The first-order valence-electron chi connectivity index (χ1n) is 6.03. The molecular weight excluding hydrogens is 186 g/mol. The summed E-state index contributed by atoms with van der Waals surface area (Å²) in [6.45, 7) is 11.7. The van der Waals surface area contributed by atoms with Crippen molar-refractivity contribution in [1.82, 2.24) is 4.90 Å². The van der Waals surface area contributed by atoms with Crippen LogP contribution in [0.2, 0.25) is 0 Å². The third kappa shape index (κ3) is 4.78. The Morgan fingerprint density at radius 3 is 2.20 bits per heavy atom. The summed E-state index contributed by atoms with van der Waals surface area (Å²) in [7, 11) is 2.11. The predicted octanol–water partition coefficient (Wildman–Crippen LogP) is 2.97. The van der Waals surface area contributed by atoms with Gasteiger partial charge in [-0.1, -0.05) is 34.1 Å². The first-order valence-corrected chi connectivity index (χ1v) is 6.03. The van der Waals surface area contributed by atoms with Crippen LogP contribution >= 0.6 is 0 Å². The fraction of sp³-hybridized carbons (Fsp3) is 0.923. The highest BCUT2D eigenvalue weighted by Gasteiger charge is 2.26. The summed E-state index contributed by atoms with van der Waals surface area (Å²) in [5.74, 6) is 0.632. The smallest absolute Gasteiger partial charge is 0.127 e. The van der Waals surface area contributed by atoms with Crippen LogP contribution in [0.3, 0.4) is 0 Å². The molecule has 0 N–H and O–H groups in total. The van der Waals surface area contributed by atoms with E-state index < -0.39 is 0 Å². The molecule has 0 heterocycles. The van der Waals surface area contributed by atoms with E-state index in [0.717, 1.165) is 25.7 Å². The third-order valence-corrected chi connectivity index (χ3v) is 3.38. The zero-order chi connectivity index (χ0) is 12.1. The van der Waals surface area contributed by atoms with Gasteiger partial charge in [-0.15, -0.1) is 0 Å². The molecule has 0 aromatic carbocycles. The van der Waals surface area contributed by atoms with Crippen LogP contribution in [-0.2, 0) is 4.79 Å². The molecule has 0 rings (SSSR count). The standard InChI is InChI=1S/C13H27NO/c1-7-8-13(5,10-15)9-14(6)12(4)11(2)3/h10-12H,7-9H2,1-6H3. The first kappa shape index (κ1) is 14.6. The van der Waals surface area contributed by atoms with E-state index in [1.165, 1.54) is 0 Å². The molecular formula is C13H27NO. The molecule has 90 valence electrons. The minimum absolute atomic E-state index is 0.174. The van der Waals surface area contributed by atoms with E-state index in [1.807, 2.05) is 0 Å². The lowest BCUT2D eigenvalue weighted by atomic mass is 9.86. The monoisotopic (exact) mass is 213 g/mol. The lowest BCUT2D eigenvalue weighted by molar-refractivity contribution is -0.117. The molecule has 0 spiro atoms. The van der Waals surface area contributed by atoms with E-state index in [0.29, 0.717) is 12.0 Å². The molecule has 0 fully saturated rings. The van der Waals surface area contributed by atoms with E-state index >= 15 is 0 Å². The lowest BCUT2D eigenvalue weighted by Crippen LogP contribution is -2.41. The van der Waals surface area contributed by atoms with Crippen LogP contribution in [0, 0.1) is 11.3 Å². The molecule has 2 heteroatoms. The summed E-state index contributed by atoms with van der Waals surface area (Å²) in [6.07, 6.45) is 3.17. The van der Waals surface area contributed by atoms with Crippen LogP contribution < -0.4 is 0 Å². The topological polar surface area (TPSA) is 20.3 Å². The van der Waals surface area contributed by atoms with Crippen molar-refractivity contribution in [2.75, 3.05) is 13.6 Å². The average Bonchev–Trinajstić information content (AvgIpc) is 2.16. The van der Waals surface area contributed by atoms with Crippen LogP contribution in [0.1, 0.15) is 47.5 Å². The van der Waals surface area contributed by atoms with Crippen molar-refractivity contribution >= 4 is 6.29 Å². The zero-order valence-corrected chi connectivity index (χ0v) is 11.2. The summed E-state index contributed by atoms with van der Waals surface area (Å²) in [5.41, 5.74) is -0.174. The van der Waals surface area contributed by atoms with Crippen LogP contribution in [0.5, 0.6) is 0 Å². The minimum Gasteiger partial charge on any atom is -0.303 e. The molecule has 0 aliphatic rings. The van der Waals surface area contributed by atoms with Gasteiger partial charge in [0, 0.05) is 18.0 Å². The van der Waals surface area contributed by atoms with Gasteiger partial charge in [0.25, 0.3) is 0 Å². The summed E-state index contributed by atoms with van der Waals surface area (Å²) in [4.78, 5) is 13.4. The number of carbonyl (C=O) groups is 1. The van der Waals surface area contributed by atoms with Crippen molar-refractivity contribution in [2.45, 2.75) is 53.5 Å². The van der Waals surface area contributed by atoms with Gasteiger partial charge >= 0.3 is 0 Å². The molecule has 2 nitrogen and oxygen atoms in total.